The predicted octanol–water partition coefficient (Wildman–Crippen LogP) is 5.01. The van der Waals surface area contributed by atoms with Gasteiger partial charge in [0.05, 0.1) is 39.0 Å². The number of rotatable bonds is 13. The maximum atomic E-state index is 14.4. The summed E-state index contributed by atoms with van der Waals surface area (Å²) < 4.78 is 52.1. The van der Waals surface area contributed by atoms with E-state index in [1.165, 1.54) is 57.6 Å². The van der Waals surface area contributed by atoms with Crippen molar-refractivity contribution in [2.24, 2.45) is 0 Å². The van der Waals surface area contributed by atoms with Gasteiger partial charge >= 0.3 is 0 Å². The summed E-state index contributed by atoms with van der Waals surface area (Å²) in [5.41, 5.74) is 0.250. The first kappa shape index (κ1) is 35.5. The molecule has 0 radical (unpaired) electrons. The minimum Gasteiger partial charge on any atom is -0.497 e. The molecule has 3 rings (SSSR count). The summed E-state index contributed by atoms with van der Waals surface area (Å²) in [5.74, 6) is 0.0369. The number of sulfonamides is 1. The first-order valence-corrected chi connectivity index (χ1v) is 16.2. The molecule has 45 heavy (non-hydrogen) atoms. The van der Waals surface area contributed by atoms with Gasteiger partial charge in [-0.25, -0.2) is 8.42 Å². The van der Waals surface area contributed by atoms with Gasteiger partial charge in [-0.1, -0.05) is 28.1 Å². The monoisotopic (exact) mass is 705 g/mol. The number of hydrogen-bond acceptors (Lipinski definition) is 8. The van der Waals surface area contributed by atoms with E-state index < -0.39 is 34.1 Å². The van der Waals surface area contributed by atoms with Crippen LogP contribution in [0.4, 0.5) is 5.69 Å². The lowest BCUT2D eigenvalue weighted by atomic mass is 10.1. The largest absolute Gasteiger partial charge is 0.497 e. The fourth-order valence-electron chi connectivity index (χ4n) is 4.45. The van der Waals surface area contributed by atoms with Gasteiger partial charge in [0.2, 0.25) is 11.8 Å². The van der Waals surface area contributed by atoms with E-state index >= 15 is 0 Å². The van der Waals surface area contributed by atoms with Gasteiger partial charge < -0.3 is 29.2 Å². The van der Waals surface area contributed by atoms with Crippen molar-refractivity contribution in [1.29, 1.82) is 0 Å². The number of hydrogen-bond donors (Lipinski definition) is 1. The second-order valence-corrected chi connectivity index (χ2v) is 13.9. The van der Waals surface area contributed by atoms with E-state index in [1.54, 1.807) is 19.1 Å². The summed E-state index contributed by atoms with van der Waals surface area (Å²) >= 11 is 3.42. The molecule has 0 spiro atoms. The van der Waals surface area contributed by atoms with E-state index in [0.717, 1.165) is 14.3 Å². The first-order chi connectivity index (χ1) is 21.1. The fraction of sp³-hybridized carbons (Fsp3) is 0.375. The van der Waals surface area contributed by atoms with E-state index in [1.807, 2.05) is 45.0 Å². The van der Waals surface area contributed by atoms with Crippen LogP contribution in [0.3, 0.4) is 0 Å². The zero-order valence-corrected chi connectivity index (χ0v) is 29.1. The Morgan fingerprint density at radius 1 is 0.844 bits per heavy atom. The Kier molecular flexibility index (Phi) is 11.7. The van der Waals surface area contributed by atoms with Crippen LogP contribution in [0.1, 0.15) is 33.3 Å². The van der Waals surface area contributed by atoms with E-state index in [4.69, 9.17) is 18.9 Å². The van der Waals surface area contributed by atoms with E-state index in [-0.39, 0.29) is 34.5 Å². The lowest BCUT2D eigenvalue weighted by Crippen LogP contribution is -2.54. The molecule has 0 aromatic heterocycles. The molecule has 3 aromatic rings. The molecule has 0 fully saturated rings. The molecule has 0 unspecified atom stereocenters. The van der Waals surface area contributed by atoms with Crippen LogP contribution < -0.4 is 28.6 Å². The molecule has 1 atom stereocenters. The third-order valence-electron chi connectivity index (χ3n) is 6.81. The van der Waals surface area contributed by atoms with Gasteiger partial charge in [-0.15, -0.1) is 0 Å². The zero-order chi connectivity index (χ0) is 33.5. The number of nitrogens with zero attached hydrogens (tertiary/aromatic N) is 2. The number of benzene rings is 3. The third kappa shape index (κ3) is 8.82. The van der Waals surface area contributed by atoms with Gasteiger partial charge in [0.25, 0.3) is 10.0 Å². The number of methoxy groups -OCH3 is 4. The Hall–Kier alpha value is -3.97. The number of nitrogens with one attached hydrogen (secondary N) is 1. The number of halogens is 1. The molecule has 2 amide bonds. The number of carbonyl (C=O) groups is 2. The van der Waals surface area contributed by atoms with E-state index in [2.05, 4.69) is 21.2 Å². The van der Waals surface area contributed by atoms with E-state index in [9.17, 15) is 18.0 Å². The molecule has 0 saturated carbocycles. The minimum atomic E-state index is -4.44. The van der Waals surface area contributed by atoms with Crippen molar-refractivity contribution in [3.05, 3.63) is 70.7 Å². The smallest absolute Gasteiger partial charge is 0.265 e. The highest BCUT2D eigenvalue weighted by Gasteiger charge is 2.35. The van der Waals surface area contributed by atoms with Crippen LogP contribution >= 0.6 is 15.9 Å². The predicted molar refractivity (Wildman–Crippen MR) is 176 cm³/mol. The van der Waals surface area contributed by atoms with Crippen LogP contribution in [-0.4, -0.2) is 71.7 Å². The highest BCUT2D eigenvalue weighted by molar-refractivity contribution is 9.10. The Morgan fingerprint density at radius 2 is 1.44 bits per heavy atom. The number of ether oxygens (including phenoxy) is 4. The average molecular weight is 707 g/mol. The Bertz CT molecular complexity index is 1610. The van der Waals surface area contributed by atoms with Crippen LogP contribution in [0.2, 0.25) is 0 Å². The van der Waals surface area contributed by atoms with Crippen molar-refractivity contribution >= 4 is 43.5 Å². The summed E-state index contributed by atoms with van der Waals surface area (Å²) in [6.45, 7) is 6.51. The molecule has 0 aliphatic heterocycles. The molecule has 0 aliphatic carbocycles. The van der Waals surface area contributed by atoms with Gasteiger partial charge in [-0.05, 0) is 69.7 Å². The van der Waals surface area contributed by atoms with Crippen molar-refractivity contribution in [1.82, 2.24) is 10.2 Å². The maximum absolute atomic E-state index is 14.4. The number of anilines is 1. The Balaban J connectivity index is 2.17. The molecule has 11 nitrogen and oxygen atoms in total. The van der Waals surface area contributed by atoms with Crippen molar-refractivity contribution in [2.75, 3.05) is 39.3 Å². The highest BCUT2D eigenvalue weighted by Crippen LogP contribution is 2.38. The SMILES string of the molecule is COc1ccc(OC)c(N(CC(=O)N(Cc2ccc(Br)cc2)[C@@H](C)C(=O)NC(C)(C)C)S(=O)(=O)c2ccc(OC)c(OC)c2)c1. The maximum Gasteiger partial charge on any atom is 0.265 e. The summed E-state index contributed by atoms with van der Waals surface area (Å²) in [6, 6.07) is 15.1. The van der Waals surface area contributed by atoms with Crippen LogP contribution in [-0.2, 0) is 26.2 Å². The molecule has 13 heteroatoms. The van der Waals surface area contributed by atoms with Crippen molar-refractivity contribution in [3.63, 3.8) is 0 Å². The topological polar surface area (TPSA) is 124 Å². The summed E-state index contributed by atoms with van der Waals surface area (Å²) in [4.78, 5) is 28.8. The second-order valence-electron chi connectivity index (χ2n) is 11.1. The molecule has 3 aromatic carbocycles. The molecular weight excluding hydrogens is 666 g/mol. The lowest BCUT2D eigenvalue weighted by molar-refractivity contribution is -0.140. The van der Waals surface area contributed by atoms with Gasteiger partial charge in [0, 0.05) is 28.7 Å². The molecule has 0 heterocycles. The summed E-state index contributed by atoms with van der Waals surface area (Å²) in [7, 11) is 1.23. The van der Waals surface area contributed by atoms with E-state index in [0.29, 0.717) is 11.5 Å². The van der Waals surface area contributed by atoms with Crippen LogP contribution in [0.25, 0.3) is 0 Å². The first-order valence-electron chi connectivity index (χ1n) is 14.0. The van der Waals surface area contributed by atoms with Gasteiger partial charge in [0.15, 0.2) is 11.5 Å². The van der Waals surface area contributed by atoms with Crippen molar-refractivity contribution < 1.29 is 37.0 Å². The number of amides is 2. The van der Waals surface area contributed by atoms with Crippen LogP contribution in [0.15, 0.2) is 70.0 Å². The van der Waals surface area contributed by atoms with Gasteiger partial charge in [-0.3, -0.25) is 13.9 Å². The van der Waals surface area contributed by atoms with Crippen LogP contribution in [0, 0.1) is 0 Å². The zero-order valence-electron chi connectivity index (χ0n) is 26.7. The molecule has 244 valence electrons. The molecule has 1 N–H and O–H groups in total. The molecule has 0 bridgehead atoms. The number of carbonyl (C=O) groups excluding carboxylic acids is 2. The van der Waals surface area contributed by atoms with Gasteiger partial charge in [0.1, 0.15) is 24.1 Å². The van der Waals surface area contributed by atoms with Crippen LogP contribution in [0.5, 0.6) is 23.0 Å². The summed E-state index contributed by atoms with van der Waals surface area (Å²) in [6.07, 6.45) is 0. The molecule has 0 aliphatic rings. The molecule has 0 saturated heterocycles. The minimum absolute atomic E-state index is 0.0460. The van der Waals surface area contributed by atoms with Gasteiger partial charge in [-0.2, -0.15) is 0 Å². The van der Waals surface area contributed by atoms with Crippen molar-refractivity contribution in [3.8, 4) is 23.0 Å². The molecular formula is C32H40BrN3O8S. The lowest BCUT2D eigenvalue weighted by Gasteiger charge is -2.34. The fourth-order valence-corrected chi connectivity index (χ4v) is 6.15. The second kappa shape index (κ2) is 14.9. The Labute approximate surface area is 273 Å². The summed E-state index contributed by atoms with van der Waals surface area (Å²) in [5, 5.41) is 2.91. The average Bonchev–Trinajstić information content (AvgIpc) is 3.01. The Morgan fingerprint density at radius 3 is 2.00 bits per heavy atom. The standard InChI is InChI=1S/C32H40BrN3O8S/c1-21(31(38)34-32(2,3)4)35(19-22-9-11-23(33)12-10-22)30(37)20-36(26-17-24(41-5)13-15-27(26)42-6)45(39,40)25-14-16-28(43-7)29(18-25)44-8/h9-18,21H,19-20H2,1-8H3,(H,34,38)/t21-/m0/s1. The normalized spacial score (nSPS) is 12.1. The third-order valence-corrected chi connectivity index (χ3v) is 9.09. The quantitative estimate of drug-likeness (QED) is 0.263. The van der Waals surface area contributed by atoms with Crippen molar-refractivity contribution in [2.45, 2.75) is 50.7 Å². The highest BCUT2D eigenvalue weighted by atomic mass is 79.9.